The minimum absolute atomic E-state index is 0.0624. The van der Waals surface area contributed by atoms with E-state index in [-0.39, 0.29) is 44.2 Å². The third kappa shape index (κ3) is 6.19. The van der Waals surface area contributed by atoms with Crippen LogP contribution in [0.1, 0.15) is 46.4 Å². The van der Waals surface area contributed by atoms with Crippen LogP contribution >= 0.6 is 46.4 Å². The van der Waals surface area contributed by atoms with Gasteiger partial charge in [-0.25, -0.2) is 0 Å². The largest absolute Gasteiger partial charge is 0.497 e. The molecule has 0 aromatic heterocycles. The number of amides is 3. The van der Waals surface area contributed by atoms with Crippen molar-refractivity contribution in [1.29, 1.82) is 0 Å². The van der Waals surface area contributed by atoms with Gasteiger partial charge in [0.1, 0.15) is 5.75 Å². The molecule has 0 radical (unpaired) electrons. The molecule has 0 saturated heterocycles. The average molecular weight is 562 g/mol. The van der Waals surface area contributed by atoms with Gasteiger partial charge in [0.25, 0.3) is 17.7 Å². The van der Waals surface area contributed by atoms with Gasteiger partial charge in [-0.2, -0.15) is 0 Å². The molecule has 1 N–H and O–H groups in total. The minimum Gasteiger partial charge on any atom is -0.497 e. The topological polar surface area (TPSA) is 102 Å². The van der Waals surface area contributed by atoms with E-state index in [4.69, 9.17) is 55.9 Å². The number of unbranched alkanes of at least 4 members (excludes halogenated alkanes) is 2. The van der Waals surface area contributed by atoms with Crippen molar-refractivity contribution in [3.63, 3.8) is 0 Å². The van der Waals surface area contributed by atoms with Gasteiger partial charge in [0.2, 0.25) is 0 Å². The van der Waals surface area contributed by atoms with Crippen LogP contribution in [0.2, 0.25) is 20.1 Å². The quantitative estimate of drug-likeness (QED) is 0.132. The molecule has 3 rings (SSSR count). The zero-order valence-corrected chi connectivity index (χ0v) is 21.5. The van der Waals surface area contributed by atoms with Gasteiger partial charge in [-0.05, 0) is 37.1 Å². The number of ether oxygens (including phenoxy) is 2. The Morgan fingerprint density at radius 1 is 0.857 bits per heavy atom. The van der Waals surface area contributed by atoms with Crippen molar-refractivity contribution < 1.29 is 28.7 Å². The van der Waals surface area contributed by atoms with Crippen LogP contribution in [0.4, 0.5) is 5.69 Å². The lowest BCUT2D eigenvalue weighted by atomic mass is 10.1. The Kier molecular flexibility index (Phi) is 9.24. The minimum atomic E-state index is -0.599. The zero-order chi connectivity index (χ0) is 25.7. The molecule has 186 valence electrons. The fourth-order valence-corrected chi connectivity index (χ4v) is 4.42. The lowest BCUT2D eigenvalue weighted by Gasteiger charge is -2.13. The van der Waals surface area contributed by atoms with Crippen molar-refractivity contribution >= 4 is 75.8 Å². The lowest BCUT2D eigenvalue weighted by molar-refractivity contribution is -0.147. The molecule has 0 atom stereocenters. The van der Waals surface area contributed by atoms with Gasteiger partial charge in [-0.3, -0.25) is 24.1 Å². The van der Waals surface area contributed by atoms with Gasteiger partial charge in [-0.15, -0.1) is 0 Å². The molecule has 1 aliphatic rings. The molecule has 0 bridgehead atoms. The van der Waals surface area contributed by atoms with E-state index >= 15 is 0 Å². The predicted molar refractivity (Wildman–Crippen MR) is 133 cm³/mol. The van der Waals surface area contributed by atoms with E-state index in [1.165, 1.54) is 7.11 Å². The van der Waals surface area contributed by atoms with Gasteiger partial charge in [-0.1, -0.05) is 52.8 Å². The molecule has 1 heterocycles. The van der Waals surface area contributed by atoms with Gasteiger partial charge in [0.05, 0.1) is 38.3 Å². The number of esters is 1. The number of carbonyl (C=O) groups excluding carboxylic acids is 4. The SMILES string of the molecule is COc1ccc(NC(=O)COC(=O)CCCCCN2C(=O)c3c(Cl)c(Cl)c(Cl)c(Cl)c3C2=O)cc1. The highest BCUT2D eigenvalue weighted by Gasteiger charge is 2.41. The maximum atomic E-state index is 12.7. The molecular formula is C23H20Cl4N2O6. The summed E-state index contributed by atoms with van der Waals surface area (Å²) in [5.41, 5.74) is 0.423. The molecule has 2 aromatic rings. The Morgan fingerprint density at radius 3 is 1.97 bits per heavy atom. The summed E-state index contributed by atoms with van der Waals surface area (Å²) in [5, 5.41) is 2.21. The van der Waals surface area contributed by atoms with Crippen LogP contribution < -0.4 is 10.1 Å². The maximum Gasteiger partial charge on any atom is 0.306 e. The molecule has 0 saturated carbocycles. The second kappa shape index (κ2) is 11.9. The summed E-state index contributed by atoms with van der Waals surface area (Å²) in [6.45, 7) is -0.305. The number of benzene rings is 2. The van der Waals surface area contributed by atoms with E-state index in [0.717, 1.165) is 4.90 Å². The lowest BCUT2D eigenvalue weighted by Crippen LogP contribution is -2.30. The second-order valence-corrected chi connectivity index (χ2v) is 9.03. The standard InChI is InChI=1S/C23H20Cl4N2O6/c1-34-13-8-6-12(7-9-13)28-14(30)11-35-15(31)5-3-2-4-10-29-22(32)16-17(23(29)33)19(25)21(27)20(26)18(16)24/h6-9H,2-5,10-11H2,1H3,(H,28,30). The highest BCUT2D eigenvalue weighted by molar-refractivity contribution is 6.55. The first-order valence-electron chi connectivity index (χ1n) is 10.5. The number of rotatable bonds is 10. The maximum absolute atomic E-state index is 12.7. The van der Waals surface area contributed by atoms with Crippen LogP contribution in [-0.2, 0) is 14.3 Å². The van der Waals surface area contributed by atoms with E-state index in [9.17, 15) is 19.2 Å². The Hall–Kier alpha value is -2.52. The van der Waals surface area contributed by atoms with Crippen molar-refractivity contribution in [3.05, 3.63) is 55.5 Å². The van der Waals surface area contributed by atoms with E-state index in [1.807, 2.05) is 0 Å². The fraction of sp³-hybridized carbons (Fsp3) is 0.304. The smallest absolute Gasteiger partial charge is 0.306 e. The van der Waals surface area contributed by atoms with Crippen molar-refractivity contribution in [2.45, 2.75) is 25.7 Å². The van der Waals surface area contributed by atoms with E-state index < -0.39 is 30.3 Å². The number of hydrogen-bond acceptors (Lipinski definition) is 6. The number of anilines is 1. The summed E-state index contributed by atoms with van der Waals surface area (Å²) in [7, 11) is 1.54. The summed E-state index contributed by atoms with van der Waals surface area (Å²) < 4.78 is 10.0. The van der Waals surface area contributed by atoms with Crippen LogP contribution in [0.15, 0.2) is 24.3 Å². The van der Waals surface area contributed by atoms with Crippen molar-refractivity contribution in [2.24, 2.45) is 0 Å². The van der Waals surface area contributed by atoms with Crippen molar-refractivity contribution in [3.8, 4) is 5.75 Å². The Balaban J connectivity index is 1.39. The summed E-state index contributed by atoms with van der Waals surface area (Å²) in [5.74, 6) is -1.54. The van der Waals surface area contributed by atoms with Gasteiger partial charge in [0, 0.05) is 18.7 Å². The summed E-state index contributed by atoms with van der Waals surface area (Å²) >= 11 is 24.2. The number of nitrogens with one attached hydrogen (secondary N) is 1. The third-order valence-corrected chi connectivity index (χ3v) is 6.99. The number of imide groups is 1. The Morgan fingerprint density at radius 2 is 1.43 bits per heavy atom. The predicted octanol–water partition coefficient (Wildman–Crippen LogP) is 5.65. The van der Waals surface area contributed by atoms with Gasteiger partial charge < -0.3 is 14.8 Å². The molecule has 1 aliphatic heterocycles. The van der Waals surface area contributed by atoms with E-state index in [1.54, 1.807) is 24.3 Å². The molecule has 8 nitrogen and oxygen atoms in total. The van der Waals surface area contributed by atoms with Gasteiger partial charge >= 0.3 is 5.97 Å². The number of halogens is 4. The second-order valence-electron chi connectivity index (χ2n) is 7.52. The summed E-state index contributed by atoms with van der Waals surface area (Å²) in [6.07, 6.45) is 1.50. The zero-order valence-electron chi connectivity index (χ0n) is 18.5. The van der Waals surface area contributed by atoms with Crippen LogP contribution in [-0.4, -0.2) is 48.9 Å². The molecule has 3 amide bonds. The molecular weight excluding hydrogens is 542 g/mol. The molecule has 2 aromatic carbocycles. The third-order valence-electron chi connectivity index (χ3n) is 5.19. The molecule has 35 heavy (non-hydrogen) atoms. The molecule has 0 aliphatic carbocycles. The number of carbonyl (C=O) groups is 4. The summed E-state index contributed by atoms with van der Waals surface area (Å²) in [4.78, 5) is 50.2. The number of nitrogens with zero attached hydrogens (tertiary/aromatic N) is 1. The van der Waals surface area contributed by atoms with Gasteiger partial charge in [0.15, 0.2) is 6.61 Å². The van der Waals surface area contributed by atoms with Crippen LogP contribution in [0.5, 0.6) is 5.75 Å². The van der Waals surface area contributed by atoms with Crippen LogP contribution in [0, 0.1) is 0 Å². The summed E-state index contributed by atoms with van der Waals surface area (Å²) in [6, 6.07) is 6.71. The van der Waals surface area contributed by atoms with Crippen molar-refractivity contribution in [2.75, 3.05) is 25.6 Å². The number of hydrogen-bond donors (Lipinski definition) is 1. The number of methoxy groups -OCH3 is 1. The van der Waals surface area contributed by atoms with E-state index in [0.29, 0.717) is 30.7 Å². The van der Waals surface area contributed by atoms with Crippen LogP contribution in [0.25, 0.3) is 0 Å². The number of fused-ring (bicyclic) bond motifs is 1. The first-order chi connectivity index (χ1) is 16.6. The molecule has 0 spiro atoms. The molecule has 0 fully saturated rings. The monoisotopic (exact) mass is 560 g/mol. The fourth-order valence-electron chi connectivity index (χ4n) is 3.40. The normalized spacial score (nSPS) is 12.5. The highest BCUT2D eigenvalue weighted by atomic mass is 35.5. The average Bonchev–Trinajstić information content (AvgIpc) is 3.10. The molecule has 12 heteroatoms. The molecule has 0 unspecified atom stereocenters. The first kappa shape index (κ1) is 27.1. The Labute approximate surface area is 221 Å². The highest BCUT2D eigenvalue weighted by Crippen LogP contribution is 2.44. The Bertz CT molecular complexity index is 1120. The van der Waals surface area contributed by atoms with Crippen LogP contribution in [0.3, 0.4) is 0 Å². The van der Waals surface area contributed by atoms with Crippen molar-refractivity contribution in [1.82, 2.24) is 4.90 Å². The first-order valence-corrected chi connectivity index (χ1v) is 12.0. The van der Waals surface area contributed by atoms with E-state index in [2.05, 4.69) is 5.32 Å².